The van der Waals surface area contributed by atoms with Crippen molar-refractivity contribution < 1.29 is 9.13 Å². The number of nitrogens with one attached hydrogen (secondary N) is 2. The van der Waals surface area contributed by atoms with E-state index in [0.717, 1.165) is 36.6 Å². The first-order valence-corrected chi connectivity index (χ1v) is 8.07. The second-order valence-corrected chi connectivity index (χ2v) is 6.20. The van der Waals surface area contributed by atoms with Crippen LogP contribution in [0, 0.1) is 11.7 Å². The van der Waals surface area contributed by atoms with E-state index in [1.165, 1.54) is 12.1 Å². The van der Waals surface area contributed by atoms with Crippen LogP contribution < -0.4 is 15.6 Å². The van der Waals surface area contributed by atoms with E-state index in [1.54, 1.807) is 13.3 Å². The van der Waals surface area contributed by atoms with Crippen LogP contribution in [0.2, 0.25) is 0 Å². The number of ether oxygens (including phenoxy) is 1. The lowest BCUT2D eigenvalue weighted by Crippen LogP contribution is -2.30. The lowest BCUT2D eigenvalue weighted by atomic mass is 9.94. The molecule has 0 bridgehead atoms. The van der Waals surface area contributed by atoms with Crippen molar-refractivity contribution in [1.29, 1.82) is 0 Å². The first kappa shape index (κ1) is 16.8. The second kappa shape index (κ2) is 7.70. The molecule has 3 rings (SSSR count). The number of nitrogens with zero attached hydrogens (tertiary/aromatic N) is 2. The van der Waals surface area contributed by atoms with Crippen LogP contribution in [-0.4, -0.2) is 37.1 Å². The minimum Gasteiger partial charge on any atom is -0.497 e. The molecule has 0 amide bonds. The molecule has 1 aromatic heterocycles. The third kappa shape index (κ3) is 4.08. The smallest absolute Gasteiger partial charge is 0.123 e. The Balaban J connectivity index is 1.62. The molecule has 128 valence electrons. The SMILES string of the molecule is COc1ccnc(CN(C)CC2CNNC2c2ccc(F)cc2)c1. The van der Waals surface area contributed by atoms with Crippen molar-refractivity contribution in [3.63, 3.8) is 0 Å². The lowest BCUT2D eigenvalue weighted by Gasteiger charge is -2.24. The van der Waals surface area contributed by atoms with Gasteiger partial charge in [0.2, 0.25) is 0 Å². The van der Waals surface area contributed by atoms with Gasteiger partial charge in [-0.25, -0.2) is 9.82 Å². The highest BCUT2D eigenvalue weighted by atomic mass is 19.1. The van der Waals surface area contributed by atoms with Gasteiger partial charge in [0.15, 0.2) is 0 Å². The molecular formula is C18H23FN4O. The second-order valence-electron chi connectivity index (χ2n) is 6.20. The molecule has 5 nitrogen and oxygen atoms in total. The van der Waals surface area contributed by atoms with Crippen LogP contribution in [0.5, 0.6) is 5.75 Å². The van der Waals surface area contributed by atoms with Crippen LogP contribution in [0.15, 0.2) is 42.6 Å². The van der Waals surface area contributed by atoms with E-state index in [0.29, 0.717) is 5.92 Å². The summed E-state index contributed by atoms with van der Waals surface area (Å²) in [6.07, 6.45) is 1.77. The number of hydrogen-bond acceptors (Lipinski definition) is 5. The van der Waals surface area contributed by atoms with E-state index >= 15 is 0 Å². The summed E-state index contributed by atoms with van der Waals surface area (Å²) < 4.78 is 18.4. The topological polar surface area (TPSA) is 49.4 Å². The summed E-state index contributed by atoms with van der Waals surface area (Å²) in [7, 11) is 3.74. The monoisotopic (exact) mass is 330 g/mol. The summed E-state index contributed by atoms with van der Waals surface area (Å²) in [4.78, 5) is 6.64. The molecule has 6 heteroatoms. The molecule has 1 fully saturated rings. The number of hydrogen-bond donors (Lipinski definition) is 2. The van der Waals surface area contributed by atoms with Gasteiger partial charge in [0, 0.05) is 37.8 Å². The Morgan fingerprint density at radius 2 is 2.08 bits per heavy atom. The molecule has 0 radical (unpaired) electrons. The number of methoxy groups -OCH3 is 1. The van der Waals surface area contributed by atoms with Crippen LogP contribution in [0.1, 0.15) is 17.3 Å². The molecule has 1 aromatic carbocycles. The average molecular weight is 330 g/mol. The molecule has 2 atom stereocenters. The molecule has 2 N–H and O–H groups in total. The van der Waals surface area contributed by atoms with E-state index < -0.39 is 0 Å². The Morgan fingerprint density at radius 1 is 1.29 bits per heavy atom. The number of benzene rings is 1. The maximum Gasteiger partial charge on any atom is 0.123 e. The molecular weight excluding hydrogens is 307 g/mol. The van der Waals surface area contributed by atoms with Crippen LogP contribution in [0.25, 0.3) is 0 Å². The molecule has 0 saturated carbocycles. The highest BCUT2D eigenvalue weighted by Gasteiger charge is 2.29. The van der Waals surface area contributed by atoms with Gasteiger partial charge in [-0.1, -0.05) is 12.1 Å². The van der Waals surface area contributed by atoms with Gasteiger partial charge in [-0.05, 0) is 30.8 Å². The van der Waals surface area contributed by atoms with Crippen molar-refractivity contribution in [3.8, 4) is 5.75 Å². The minimum atomic E-state index is -0.206. The summed E-state index contributed by atoms with van der Waals surface area (Å²) in [6, 6.07) is 10.7. The lowest BCUT2D eigenvalue weighted by molar-refractivity contribution is 0.259. The van der Waals surface area contributed by atoms with Crippen molar-refractivity contribution in [1.82, 2.24) is 20.7 Å². The summed E-state index contributed by atoms with van der Waals surface area (Å²) in [5.74, 6) is 1.01. The first-order valence-electron chi connectivity index (χ1n) is 8.07. The third-order valence-electron chi connectivity index (χ3n) is 4.32. The fraction of sp³-hybridized carbons (Fsp3) is 0.389. The Morgan fingerprint density at radius 3 is 2.83 bits per heavy atom. The number of pyridine rings is 1. The Hall–Kier alpha value is -2.02. The van der Waals surface area contributed by atoms with Crippen LogP contribution >= 0.6 is 0 Å². The summed E-state index contributed by atoms with van der Waals surface area (Å²) in [5, 5.41) is 0. The zero-order valence-electron chi connectivity index (χ0n) is 14.0. The van der Waals surface area contributed by atoms with Crippen molar-refractivity contribution in [2.45, 2.75) is 12.6 Å². The molecule has 1 aliphatic rings. The first-order chi connectivity index (χ1) is 11.7. The quantitative estimate of drug-likeness (QED) is 0.850. The number of aromatic nitrogens is 1. The van der Waals surface area contributed by atoms with Gasteiger partial charge in [-0.2, -0.15) is 0 Å². The Kier molecular flexibility index (Phi) is 5.40. The van der Waals surface area contributed by atoms with Gasteiger partial charge in [0.25, 0.3) is 0 Å². The Bertz CT molecular complexity index is 664. The van der Waals surface area contributed by atoms with Crippen LogP contribution in [-0.2, 0) is 6.54 Å². The van der Waals surface area contributed by atoms with E-state index in [9.17, 15) is 4.39 Å². The molecule has 24 heavy (non-hydrogen) atoms. The molecule has 2 unspecified atom stereocenters. The van der Waals surface area contributed by atoms with Gasteiger partial charge in [0.1, 0.15) is 11.6 Å². The standard InChI is InChI=1S/C18H23FN4O/c1-23(12-16-9-17(24-2)7-8-20-16)11-14-10-21-22-18(14)13-3-5-15(19)6-4-13/h3-9,14,18,21-22H,10-12H2,1-2H3. The third-order valence-corrected chi connectivity index (χ3v) is 4.32. The maximum atomic E-state index is 13.1. The summed E-state index contributed by atoms with van der Waals surface area (Å²) >= 11 is 0. The summed E-state index contributed by atoms with van der Waals surface area (Å²) in [5.41, 5.74) is 8.59. The zero-order chi connectivity index (χ0) is 16.9. The highest BCUT2D eigenvalue weighted by Crippen LogP contribution is 2.26. The molecule has 0 spiro atoms. The van der Waals surface area contributed by atoms with E-state index in [2.05, 4.69) is 27.8 Å². The fourth-order valence-electron chi connectivity index (χ4n) is 3.14. The zero-order valence-corrected chi connectivity index (χ0v) is 14.0. The van der Waals surface area contributed by atoms with Crippen molar-refractivity contribution >= 4 is 0 Å². The fourth-order valence-corrected chi connectivity index (χ4v) is 3.14. The highest BCUT2D eigenvalue weighted by molar-refractivity contribution is 5.23. The van der Waals surface area contributed by atoms with Crippen molar-refractivity contribution in [2.75, 3.05) is 27.2 Å². The molecule has 2 aromatic rings. The predicted octanol–water partition coefficient (Wildman–Crippen LogP) is 2.13. The minimum absolute atomic E-state index is 0.173. The average Bonchev–Trinajstić information content (AvgIpc) is 3.03. The van der Waals surface area contributed by atoms with Gasteiger partial charge < -0.3 is 9.64 Å². The molecule has 0 aliphatic carbocycles. The predicted molar refractivity (Wildman–Crippen MR) is 90.9 cm³/mol. The van der Waals surface area contributed by atoms with E-state index in [1.807, 2.05) is 24.3 Å². The van der Waals surface area contributed by atoms with Gasteiger partial charge in [0.05, 0.1) is 18.8 Å². The maximum absolute atomic E-state index is 13.1. The van der Waals surface area contributed by atoms with Crippen molar-refractivity contribution in [2.24, 2.45) is 5.92 Å². The van der Waals surface area contributed by atoms with Crippen LogP contribution in [0.3, 0.4) is 0 Å². The van der Waals surface area contributed by atoms with Gasteiger partial charge >= 0.3 is 0 Å². The van der Waals surface area contributed by atoms with Crippen molar-refractivity contribution in [3.05, 3.63) is 59.7 Å². The normalized spacial score (nSPS) is 20.5. The number of hydrazine groups is 1. The summed E-state index contributed by atoms with van der Waals surface area (Å²) in [6.45, 7) is 2.53. The molecule has 1 saturated heterocycles. The molecule has 2 heterocycles. The van der Waals surface area contributed by atoms with E-state index in [4.69, 9.17) is 4.74 Å². The van der Waals surface area contributed by atoms with Gasteiger partial charge in [-0.15, -0.1) is 0 Å². The van der Waals surface area contributed by atoms with Crippen LogP contribution in [0.4, 0.5) is 4.39 Å². The number of rotatable bonds is 6. The van der Waals surface area contributed by atoms with E-state index in [-0.39, 0.29) is 11.9 Å². The Labute approximate surface area is 141 Å². The molecule has 1 aliphatic heterocycles. The van der Waals surface area contributed by atoms with Gasteiger partial charge in [-0.3, -0.25) is 10.4 Å². The largest absolute Gasteiger partial charge is 0.497 e. The number of halogens is 1.